The summed E-state index contributed by atoms with van der Waals surface area (Å²) in [5.74, 6) is -0.233. The number of carbonyl (C=O) groups is 1. The quantitative estimate of drug-likeness (QED) is 0.862. The number of halogens is 1. The molecule has 0 saturated carbocycles. The van der Waals surface area contributed by atoms with E-state index in [-0.39, 0.29) is 5.91 Å². The third kappa shape index (κ3) is 4.32. The SMILES string of the molecule is CS(=O)(=O)Nc1cc(Br)cc(NC(=O)c2cccs2)c1. The van der Waals surface area contributed by atoms with Gasteiger partial charge in [-0.1, -0.05) is 22.0 Å². The number of anilines is 2. The van der Waals surface area contributed by atoms with Gasteiger partial charge < -0.3 is 5.32 Å². The lowest BCUT2D eigenvalue weighted by molar-refractivity contribution is 0.103. The summed E-state index contributed by atoms with van der Waals surface area (Å²) in [5, 5.41) is 4.53. The molecule has 8 heteroatoms. The van der Waals surface area contributed by atoms with Crippen molar-refractivity contribution >= 4 is 54.6 Å². The number of rotatable bonds is 4. The molecule has 1 heterocycles. The first-order valence-electron chi connectivity index (χ1n) is 5.47. The van der Waals surface area contributed by atoms with E-state index in [4.69, 9.17) is 0 Å². The summed E-state index contributed by atoms with van der Waals surface area (Å²) in [6.07, 6.45) is 1.07. The van der Waals surface area contributed by atoms with Gasteiger partial charge >= 0.3 is 0 Å². The number of sulfonamides is 1. The monoisotopic (exact) mass is 374 g/mol. The van der Waals surface area contributed by atoms with Crippen LogP contribution in [0.3, 0.4) is 0 Å². The first-order chi connectivity index (χ1) is 9.33. The van der Waals surface area contributed by atoms with Gasteiger partial charge in [-0.3, -0.25) is 9.52 Å². The van der Waals surface area contributed by atoms with E-state index in [9.17, 15) is 13.2 Å². The van der Waals surface area contributed by atoms with Crippen molar-refractivity contribution in [1.29, 1.82) is 0 Å². The maximum Gasteiger partial charge on any atom is 0.265 e. The first kappa shape index (κ1) is 15.0. The Balaban J connectivity index is 2.22. The molecule has 0 aliphatic heterocycles. The first-order valence-corrected chi connectivity index (χ1v) is 9.03. The summed E-state index contributed by atoms with van der Waals surface area (Å²) in [5.41, 5.74) is 0.882. The topological polar surface area (TPSA) is 75.3 Å². The molecule has 0 aliphatic carbocycles. The Hall–Kier alpha value is -1.38. The van der Waals surface area contributed by atoms with Gasteiger partial charge in [-0.25, -0.2) is 8.42 Å². The van der Waals surface area contributed by atoms with Crippen molar-refractivity contribution in [3.05, 3.63) is 45.1 Å². The zero-order valence-corrected chi connectivity index (χ0v) is 13.6. The fraction of sp³-hybridized carbons (Fsp3) is 0.0833. The molecule has 106 valence electrons. The molecule has 0 unspecified atom stereocenters. The smallest absolute Gasteiger partial charge is 0.265 e. The Morgan fingerprint density at radius 1 is 1.25 bits per heavy atom. The van der Waals surface area contributed by atoms with Crippen molar-refractivity contribution in [3.63, 3.8) is 0 Å². The molecule has 0 spiro atoms. The Morgan fingerprint density at radius 2 is 1.95 bits per heavy atom. The molecule has 20 heavy (non-hydrogen) atoms. The van der Waals surface area contributed by atoms with Gasteiger partial charge in [-0.05, 0) is 29.6 Å². The number of benzene rings is 1. The van der Waals surface area contributed by atoms with E-state index in [1.54, 1.807) is 30.3 Å². The van der Waals surface area contributed by atoms with Crippen molar-refractivity contribution in [2.75, 3.05) is 16.3 Å². The maximum atomic E-state index is 11.9. The van der Waals surface area contributed by atoms with Crippen LogP contribution in [0.1, 0.15) is 9.67 Å². The van der Waals surface area contributed by atoms with Gasteiger partial charge in [0, 0.05) is 10.2 Å². The molecule has 0 fully saturated rings. The lowest BCUT2D eigenvalue weighted by Gasteiger charge is -2.09. The van der Waals surface area contributed by atoms with E-state index < -0.39 is 10.0 Å². The number of thiophene rings is 1. The normalized spacial score (nSPS) is 11.1. The van der Waals surface area contributed by atoms with Crippen molar-refractivity contribution in [2.24, 2.45) is 0 Å². The van der Waals surface area contributed by atoms with Crippen LogP contribution in [0.25, 0.3) is 0 Å². The number of hydrogen-bond donors (Lipinski definition) is 2. The largest absolute Gasteiger partial charge is 0.321 e. The van der Waals surface area contributed by atoms with E-state index in [1.807, 2.05) is 5.38 Å². The third-order valence-electron chi connectivity index (χ3n) is 2.20. The minimum atomic E-state index is -3.36. The highest BCUT2D eigenvalue weighted by molar-refractivity contribution is 9.10. The number of hydrogen-bond acceptors (Lipinski definition) is 4. The van der Waals surface area contributed by atoms with E-state index in [2.05, 4.69) is 26.0 Å². The van der Waals surface area contributed by atoms with Crippen molar-refractivity contribution in [1.82, 2.24) is 0 Å². The van der Waals surface area contributed by atoms with Gasteiger partial charge in [0.05, 0.1) is 16.8 Å². The Bertz CT molecular complexity index is 727. The lowest BCUT2D eigenvalue weighted by Crippen LogP contribution is -2.12. The molecule has 2 aromatic rings. The van der Waals surface area contributed by atoms with Gasteiger partial charge in [-0.2, -0.15) is 0 Å². The second-order valence-electron chi connectivity index (χ2n) is 4.03. The summed E-state index contributed by atoms with van der Waals surface area (Å²) in [6.45, 7) is 0. The fourth-order valence-electron chi connectivity index (χ4n) is 1.54. The summed E-state index contributed by atoms with van der Waals surface area (Å²) in [4.78, 5) is 12.5. The van der Waals surface area contributed by atoms with Crippen molar-refractivity contribution < 1.29 is 13.2 Å². The molecule has 0 saturated heterocycles. The van der Waals surface area contributed by atoms with Crippen LogP contribution in [0, 0.1) is 0 Å². The molecule has 5 nitrogen and oxygen atoms in total. The molecule has 1 amide bonds. The van der Waals surface area contributed by atoms with Gasteiger partial charge in [0.2, 0.25) is 10.0 Å². The average Bonchev–Trinajstić information content (AvgIpc) is 2.78. The van der Waals surface area contributed by atoms with Crippen LogP contribution in [-0.4, -0.2) is 20.6 Å². The molecule has 0 atom stereocenters. The fourth-order valence-corrected chi connectivity index (χ4v) is 3.19. The van der Waals surface area contributed by atoms with Crippen LogP contribution in [-0.2, 0) is 10.0 Å². The van der Waals surface area contributed by atoms with Crippen LogP contribution in [0.15, 0.2) is 40.2 Å². The van der Waals surface area contributed by atoms with Crippen molar-refractivity contribution in [3.8, 4) is 0 Å². The predicted molar refractivity (Wildman–Crippen MR) is 84.9 cm³/mol. The second-order valence-corrected chi connectivity index (χ2v) is 7.65. The molecule has 2 rings (SSSR count). The standard InChI is InChI=1S/C12H11BrN2O3S2/c1-20(17,18)15-10-6-8(13)5-9(7-10)14-12(16)11-3-2-4-19-11/h2-7,15H,1H3,(H,14,16). The minimum Gasteiger partial charge on any atom is -0.321 e. The molecular weight excluding hydrogens is 364 g/mol. The molecule has 0 bridgehead atoms. The second kappa shape index (κ2) is 5.94. The molecule has 1 aromatic heterocycles. The highest BCUT2D eigenvalue weighted by atomic mass is 79.9. The Morgan fingerprint density at radius 3 is 2.55 bits per heavy atom. The summed E-state index contributed by atoms with van der Waals surface area (Å²) in [6, 6.07) is 8.36. The lowest BCUT2D eigenvalue weighted by atomic mass is 10.3. The van der Waals surface area contributed by atoms with Crippen LogP contribution < -0.4 is 10.0 Å². The van der Waals surface area contributed by atoms with Crippen LogP contribution in [0.5, 0.6) is 0 Å². The maximum absolute atomic E-state index is 11.9. The van der Waals surface area contributed by atoms with Gasteiger partial charge in [0.25, 0.3) is 5.91 Å². The van der Waals surface area contributed by atoms with Gasteiger partial charge in [-0.15, -0.1) is 11.3 Å². The Kier molecular flexibility index (Phi) is 4.46. The molecule has 2 N–H and O–H groups in total. The summed E-state index contributed by atoms with van der Waals surface area (Å²) < 4.78 is 25.5. The predicted octanol–water partition coefficient (Wildman–Crippen LogP) is 3.13. The molecular formula is C12H11BrN2O3S2. The Labute approximate surface area is 129 Å². The summed E-state index contributed by atoms with van der Waals surface area (Å²) >= 11 is 4.61. The van der Waals surface area contributed by atoms with E-state index in [1.165, 1.54) is 11.3 Å². The third-order valence-corrected chi connectivity index (χ3v) is 4.14. The van der Waals surface area contributed by atoms with Crippen LogP contribution >= 0.6 is 27.3 Å². The van der Waals surface area contributed by atoms with E-state index in [0.29, 0.717) is 20.7 Å². The molecule has 1 aromatic carbocycles. The number of carbonyl (C=O) groups excluding carboxylic acids is 1. The van der Waals surface area contributed by atoms with Gasteiger partial charge in [0.1, 0.15) is 0 Å². The highest BCUT2D eigenvalue weighted by Crippen LogP contribution is 2.24. The molecule has 0 aliphatic rings. The zero-order valence-electron chi connectivity index (χ0n) is 10.4. The zero-order chi connectivity index (χ0) is 14.8. The van der Waals surface area contributed by atoms with Crippen LogP contribution in [0.2, 0.25) is 0 Å². The summed E-state index contributed by atoms with van der Waals surface area (Å²) in [7, 11) is -3.36. The van der Waals surface area contributed by atoms with Gasteiger partial charge in [0.15, 0.2) is 0 Å². The van der Waals surface area contributed by atoms with Crippen LogP contribution in [0.4, 0.5) is 11.4 Å². The van der Waals surface area contributed by atoms with E-state index >= 15 is 0 Å². The molecule has 0 radical (unpaired) electrons. The highest BCUT2D eigenvalue weighted by Gasteiger charge is 2.09. The average molecular weight is 375 g/mol. The van der Waals surface area contributed by atoms with E-state index in [0.717, 1.165) is 6.26 Å². The number of amides is 1. The minimum absolute atomic E-state index is 0.233. The van der Waals surface area contributed by atoms with Crippen molar-refractivity contribution in [2.45, 2.75) is 0 Å². The number of nitrogens with one attached hydrogen (secondary N) is 2.